The van der Waals surface area contributed by atoms with E-state index in [0.29, 0.717) is 6.07 Å². The smallest absolute Gasteiger partial charge is 0.322 e. The van der Waals surface area contributed by atoms with Gasteiger partial charge in [-0.05, 0) is 22.0 Å². The lowest BCUT2D eigenvalue weighted by atomic mass is 10.3. The Morgan fingerprint density at radius 3 is 2.42 bits per heavy atom. The van der Waals surface area contributed by atoms with E-state index in [4.69, 9.17) is 0 Å². The van der Waals surface area contributed by atoms with E-state index in [9.17, 15) is 26.7 Å². The Hall–Kier alpha value is -1.22. The second-order valence-corrected chi connectivity index (χ2v) is 4.37. The Bertz CT molecular complexity index is 454. The minimum Gasteiger partial charge on any atom is -0.322 e. The summed E-state index contributed by atoms with van der Waals surface area (Å²) < 4.78 is 61.4. The molecule has 19 heavy (non-hydrogen) atoms. The quantitative estimate of drug-likeness (QED) is 0.823. The maximum absolute atomic E-state index is 13.3. The number of carbonyl (C=O) groups is 1. The van der Waals surface area contributed by atoms with Gasteiger partial charge in [0.1, 0.15) is 5.82 Å². The lowest BCUT2D eigenvalue weighted by Gasteiger charge is -2.10. The highest BCUT2D eigenvalue weighted by Gasteiger charge is 2.26. The van der Waals surface area contributed by atoms with E-state index >= 15 is 0 Å². The van der Waals surface area contributed by atoms with Gasteiger partial charge in [0.25, 0.3) is 0 Å². The van der Waals surface area contributed by atoms with Crippen LogP contribution in [0.4, 0.5) is 27.6 Å². The van der Waals surface area contributed by atoms with Crippen LogP contribution in [0.15, 0.2) is 16.6 Å². The van der Waals surface area contributed by atoms with Gasteiger partial charge in [0.05, 0.1) is 18.8 Å². The van der Waals surface area contributed by atoms with Crippen LogP contribution < -0.4 is 10.6 Å². The standard InChI is InChI=1S/C10H8BrF5N2O/c11-6-1-5(12)2-7(13)9(6)18-8(19)3-17-4-10(14,15)16/h1-2,17H,3-4H2,(H,18,19). The van der Waals surface area contributed by atoms with Gasteiger partial charge in [0.2, 0.25) is 5.91 Å². The third-order valence-electron chi connectivity index (χ3n) is 1.88. The third kappa shape index (κ3) is 5.52. The van der Waals surface area contributed by atoms with Crippen LogP contribution >= 0.6 is 15.9 Å². The number of amides is 1. The van der Waals surface area contributed by atoms with Crippen LogP contribution in [0.2, 0.25) is 0 Å². The van der Waals surface area contributed by atoms with Crippen molar-refractivity contribution in [2.45, 2.75) is 6.18 Å². The van der Waals surface area contributed by atoms with Crippen molar-refractivity contribution in [3.05, 3.63) is 28.2 Å². The van der Waals surface area contributed by atoms with Gasteiger partial charge in [0, 0.05) is 10.5 Å². The van der Waals surface area contributed by atoms with Crippen LogP contribution in [0.3, 0.4) is 0 Å². The highest BCUT2D eigenvalue weighted by atomic mass is 79.9. The van der Waals surface area contributed by atoms with Crippen molar-refractivity contribution in [3.63, 3.8) is 0 Å². The molecule has 0 aliphatic heterocycles. The Morgan fingerprint density at radius 1 is 1.26 bits per heavy atom. The van der Waals surface area contributed by atoms with Gasteiger partial charge < -0.3 is 10.6 Å². The molecule has 3 nitrogen and oxygen atoms in total. The topological polar surface area (TPSA) is 41.1 Å². The van der Waals surface area contributed by atoms with Crippen molar-refractivity contribution in [3.8, 4) is 0 Å². The first-order valence-electron chi connectivity index (χ1n) is 4.91. The van der Waals surface area contributed by atoms with E-state index in [1.165, 1.54) is 0 Å². The molecule has 0 aromatic heterocycles. The lowest BCUT2D eigenvalue weighted by molar-refractivity contribution is -0.127. The summed E-state index contributed by atoms with van der Waals surface area (Å²) in [5, 5.41) is 3.88. The van der Waals surface area contributed by atoms with Gasteiger partial charge in [-0.3, -0.25) is 4.79 Å². The summed E-state index contributed by atoms with van der Waals surface area (Å²) in [5.41, 5.74) is -0.333. The minimum atomic E-state index is -4.44. The first-order chi connectivity index (χ1) is 8.69. The summed E-state index contributed by atoms with van der Waals surface area (Å²) >= 11 is 2.83. The van der Waals surface area contributed by atoms with Crippen molar-refractivity contribution in [2.75, 3.05) is 18.4 Å². The van der Waals surface area contributed by atoms with Crippen molar-refractivity contribution >= 4 is 27.5 Å². The average Bonchev–Trinajstić information content (AvgIpc) is 2.21. The first kappa shape index (κ1) is 15.8. The summed E-state index contributed by atoms with van der Waals surface area (Å²) in [5.74, 6) is -2.76. The predicted molar refractivity (Wildman–Crippen MR) is 61.6 cm³/mol. The second-order valence-electron chi connectivity index (χ2n) is 3.51. The number of nitrogens with one attached hydrogen (secondary N) is 2. The van der Waals surface area contributed by atoms with Crippen LogP contribution in [0.5, 0.6) is 0 Å². The molecule has 0 saturated heterocycles. The van der Waals surface area contributed by atoms with E-state index in [1.807, 2.05) is 10.6 Å². The SMILES string of the molecule is O=C(CNCC(F)(F)F)Nc1c(F)cc(F)cc1Br. The van der Waals surface area contributed by atoms with Crippen LogP contribution in [0.1, 0.15) is 0 Å². The third-order valence-corrected chi connectivity index (χ3v) is 2.51. The molecule has 0 unspecified atom stereocenters. The monoisotopic (exact) mass is 346 g/mol. The highest BCUT2D eigenvalue weighted by molar-refractivity contribution is 9.10. The van der Waals surface area contributed by atoms with Crippen molar-refractivity contribution in [2.24, 2.45) is 0 Å². The number of anilines is 1. The van der Waals surface area contributed by atoms with Gasteiger partial charge in [-0.15, -0.1) is 0 Å². The Kier molecular flexibility index (Phi) is 5.24. The fourth-order valence-corrected chi connectivity index (χ4v) is 1.67. The lowest BCUT2D eigenvalue weighted by Crippen LogP contribution is -2.35. The number of rotatable bonds is 4. The largest absolute Gasteiger partial charge is 0.401 e. The Balaban J connectivity index is 2.58. The van der Waals surface area contributed by atoms with Gasteiger partial charge in [-0.1, -0.05) is 0 Å². The van der Waals surface area contributed by atoms with E-state index in [-0.39, 0.29) is 10.2 Å². The summed E-state index contributed by atoms with van der Waals surface area (Å²) in [4.78, 5) is 11.3. The van der Waals surface area contributed by atoms with E-state index in [1.54, 1.807) is 0 Å². The summed E-state index contributed by atoms with van der Waals surface area (Å²) in [6, 6.07) is 1.46. The molecule has 2 N–H and O–H groups in total. The number of hydrogen-bond acceptors (Lipinski definition) is 2. The van der Waals surface area contributed by atoms with Gasteiger partial charge in [-0.25, -0.2) is 8.78 Å². The minimum absolute atomic E-state index is 0.0471. The molecule has 0 spiro atoms. The number of carbonyl (C=O) groups excluding carboxylic acids is 1. The molecular formula is C10H8BrF5N2O. The summed E-state index contributed by atoms with van der Waals surface area (Å²) in [6.45, 7) is -1.99. The van der Waals surface area contributed by atoms with Gasteiger partial charge in [0.15, 0.2) is 5.82 Å². The molecule has 0 aliphatic carbocycles. The Labute approximate surface area is 113 Å². The molecule has 106 valence electrons. The zero-order valence-corrected chi connectivity index (χ0v) is 10.8. The molecule has 0 fully saturated rings. The Morgan fingerprint density at radius 2 is 1.89 bits per heavy atom. The van der Waals surface area contributed by atoms with Crippen LogP contribution in [-0.4, -0.2) is 25.2 Å². The molecular weight excluding hydrogens is 339 g/mol. The zero-order valence-electron chi connectivity index (χ0n) is 9.24. The number of halogens is 6. The van der Waals surface area contributed by atoms with E-state index in [0.717, 1.165) is 6.07 Å². The average molecular weight is 347 g/mol. The molecule has 0 radical (unpaired) electrons. The molecule has 0 saturated carbocycles. The van der Waals surface area contributed by atoms with Crippen LogP contribution in [-0.2, 0) is 4.79 Å². The molecule has 1 aromatic carbocycles. The van der Waals surface area contributed by atoms with Gasteiger partial charge >= 0.3 is 6.18 Å². The van der Waals surface area contributed by atoms with E-state index in [2.05, 4.69) is 15.9 Å². The molecule has 9 heteroatoms. The summed E-state index contributed by atoms with van der Waals surface area (Å²) in [7, 11) is 0. The van der Waals surface area contributed by atoms with Gasteiger partial charge in [-0.2, -0.15) is 13.2 Å². The molecule has 0 aliphatic rings. The summed E-state index contributed by atoms with van der Waals surface area (Å²) in [6.07, 6.45) is -4.44. The normalized spacial score (nSPS) is 11.5. The molecule has 0 heterocycles. The number of benzene rings is 1. The maximum Gasteiger partial charge on any atom is 0.401 e. The molecule has 1 aromatic rings. The van der Waals surface area contributed by atoms with E-state index < -0.39 is 36.8 Å². The van der Waals surface area contributed by atoms with Crippen LogP contribution in [0, 0.1) is 11.6 Å². The van der Waals surface area contributed by atoms with Crippen molar-refractivity contribution in [1.29, 1.82) is 0 Å². The molecule has 1 amide bonds. The van der Waals surface area contributed by atoms with Crippen LogP contribution in [0.25, 0.3) is 0 Å². The zero-order chi connectivity index (χ0) is 14.6. The molecule has 1 rings (SSSR count). The first-order valence-corrected chi connectivity index (χ1v) is 5.70. The predicted octanol–water partition coefficient (Wildman–Crippen LogP) is 2.82. The highest BCUT2D eigenvalue weighted by Crippen LogP contribution is 2.26. The molecule has 0 atom stereocenters. The van der Waals surface area contributed by atoms with Crippen molar-refractivity contribution < 1.29 is 26.7 Å². The maximum atomic E-state index is 13.3. The number of alkyl halides is 3. The fraction of sp³-hybridized carbons (Fsp3) is 0.300. The van der Waals surface area contributed by atoms with Crippen molar-refractivity contribution in [1.82, 2.24) is 5.32 Å². The second kappa shape index (κ2) is 6.29. The fourth-order valence-electron chi connectivity index (χ4n) is 1.16. The number of hydrogen-bond donors (Lipinski definition) is 2. The molecule has 0 bridgehead atoms.